The predicted molar refractivity (Wildman–Crippen MR) is 68.1 cm³/mol. The van der Waals surface area contributed by atoms with Crippen LogP contribution in [-0.4, -0.2) is 33.5 Å². The van der Waals surface area contributed by atoms with Crippen molar-refractivity contribution < 1.29 is 14.3 Å². The van der Waals surface area contributed by atoms with E-state index in [0.717, 1.165) is 0 Å². The van der Waals surface area contributed by atoms with Crippen LogP contribution in [0.15, 0.2) is 60.7 Å². The molecule has 0 aliphatic carbocycles. The zero-order valence-corrected chi connectivity index (χ0v) is 14.7. The molecule has 0 aliphatic heterocycles. The Bertz CT molecular complexity index is 413. The van der Waals surface area contributed by atoms with E-state index in [9.17, 15) is 4.79 Å². The predicted octanol–water partition coefficient (Wildman–Crippen LogP) is 2.35. The Morgan fingerprint density at radius 1 is 0.706 bits per heavy atom. The Hall–Kier alpha value is -1.37. The molecule has 0 fully saturated rings. The van der Waals surface area contributed by atoms with Gasteiger partial charge in [0.25, 0.3) is 0 Å². The van der Waals surface area contributed by atoms with Gasteiger partial charge in [0, 0.05) is 0 Å². The molecule has 0 spiro atoms. The Labute approximate surface area is 120 Å². The van der Waals surface area contributed by atoms with Crippen molar-refractivity contribution in [2.24, 2.45) is 0 Å². The first-order valence-electron chi connectivity index (χ1n) is 4.84. The molecule has 0 bridgehead atoms. The van der Waals surface area contributed by atoms with E-state index in [1.54, 1.807) is 48.5 Å². The Kier molecular flexibility index (Phi) is 5.68. The molecule has 2 rings (SSSR count). The number of ether oxygens (including phenoxy) is 2. The van der Waals surface area contributed by atoms with Crippen molar-refractivity contribution >= 4 is 33.5 Å². The molecule has 0 unspecified atom stereocenters. The normalized spacial score (nSPS) is 8.94. The van der Waals surface area contributed by atoms with E-state index in [2.05, 4.69) is 0 Å². The maximum atomic E-state index is 11.3. The van der Waals surface area contributed by atoms with Gasteiger partial charge in [-0.25, -0.2) is 4.79 Å². The van der Waals surface area contributed by atoms with Gasteiger partial charge < -0.3 is 9.47 Å². The van der Waals surface area contributed by atoms with Crippen LogP contribution in [0.25, 0.3) is 0 Å². The minimum absolute atomic E-state index is 0. The number of carbonyl (C=O) groups excluding carboxylic acids is 1. The number of benzene rings is 2. The number of hydrogen-bond donors (Lipinski definition) is 0. The van der Waals surface area contributed by atoms with Crippen molar-refractivity contribution in [3.8, 4) is 11.5 Å². The Morgan fingerprint density at radius 3 is 1.41 bits per heavy atom. The van der Waals surface area contributed by atoms with Crippen LogP contribution in [0.5, 0.6) is 11.5 Å². The second-order valence-corrected chi connectivity index (χ2v) is 3.08. The van der Waals surface area contributed by atoms with E-state index in [1.165, 1.54) is 0 Å². The van der Waals surface area contributed by atoms with Gasteiger partial charge in [-0.1, -0.05) is 36.4 Å². The summed E-state index contributed by atoms with van der Waals surface area (Å²) in [4.78, 5) is 11.3. The van der Waals surface area contributed by atoms with Crippen LogP contribution in [0.4, 0.5) is 4.79 Å². The third-order valence-electron chi connectivity index (χ3n) is 1.89. The molecule has 0 saturated heterocycles. The quantitative estimate of drug-likeness (QED) is 0.423. The Morgan fingerprint density at radius 2 is 1.06 bits per heavy atom. The van der Waals surface area contributed by atoms with E-state index < -0.39 is 6.16 Å². The molecular weight excluding hydrogens is 411 g/mol. The SMILES string of the molecule is O=C(Oc1ccccc1)Oc1ccccc1.[PbH2]. The van der Waals surface area contributed by atoms with Gasteiger partial charge in [-0.3, -0.25) is 0 Å². The van der Waals surface area contributed by atoms with Gasteiger partial charge in [-0.15, -0.1) is 0 Å². The van der Waals surface area contributed by atoms with Gasteiger partial charge in [0.1, 0.15) is 11.5 Å². The summed E-state index contributed by atoms with van der Waals surface area (Å²) in [6, 6.07) is 17.6. The summed E-state index contributed by atoms with van der Waals surface area (Å²) in [6.07, 6.45) is -0.739. The number of para-hydroxylation sites is 2. The van der Waals surface area contributed by atoms with Gasteiger partial charge in [-0.2, -0.15) is 0 Å². The fourth-order valence-corrected chi connectivity index (χ4v) is 1.19. The first kappa shape index (κ1) is 13.7. The van der Waals surface area contributed by atoms with Crippen LogP contribution >= 0.6 is 0 Å². The zero-order chi connectivity index (χ0) is 11.2. The van der Waals surface area contributed by atoms with Crippen LogP contribution in [0.3, 0.4) is 0 Å². The molecule has 0 N–H and O–H groups in total. The van der Waals surface area contributed by atoms with Gasteiger partial charge in [0.05, 0.1) is 0 Å². The van der Waals surface area contributed by atoms with E-state index >= 15 is 0 Å². The molecule has 0 aromatic heterocycles. The first-order valence-corrected chi connectivity index (χ1v) is 4.84. The molecule has 0 saturated carbocycles. The van der Waals surface area contributed by atoms with Gasteiger partial charge in [0.15, 0.2) is 0 Å². The molecule has 2 aromatic rings. The monoisotopic (exact) mass is 424 g/mol. The molecule has 0 aliphatic rings. The van der Waals surface area contributed by atoms with E-state index in [-0.39, 0.29) is 27.3 Å². The molecule has 17 heavy (non-hydrogen) atoms. The molecular formula is C13H12O3Pb. The molecule has 0 heterocycles. The van der Waals surface area contributed by atoms with Crippen molar-refractivity contribution in [3.05, 3.63) is 60.7 Å². The van der Waals surface area contributed by atoms with Crippen LogP contribution in [0.1, 0.15) is 0 Å². The molecule has 2 radical (unpaired) electrons. The van der Waals surface area contributed by atoms with Crippen molar-refractivity contribution in [3.63, 3.8) is 0 Å². The second kappa shape index (κ2) is 7.06. The van der Waals surface area contributed by atoms with Crippen molar-refractivity contribution in [2.45, 2.75) is 0 Å². The molecule has 0 amide bonds. The summed E-state index contributed by atoms with van der Waals surface area (Å²) in [5.41, 5.74) is 0. The number of rotatable bonds is 2. The van der Waals surface area contributed by atoms with Crippen LogP contribution in [0.2, 0.25) is 0 Å². The number of hydrogen-bond acceptors (Lipinski definition) is 3. The maximum absolute atomic E-state index is 11.3. The summed E-state index contributed by atoms with van der Waals surface area (Å²) in [6.45, 7) is 0. The summed E-state index contributed by atoms with van der Waals surface area (Å²) in [7, 11) is 0. The average Bonchev–Trinajstić information content (AvgIpc) is 2.31. The summed E-state index contributed by atoms with van der Waals surface area (Å²) in [5.74, 6) is 0.923. The van der Waals surface area contributed by atoms with Crippen LogP contribution < -0.4 is 9.47 Å². The Balaban J connectivity index is 0.00000144. The zero-order valence-electron chi connectivity index (χ0n) is 9.21. The third kappa shape index (κ3) is 4.56. The first-order chi connectivity index (χ1) is 7.84. The summed E-state index contributed by atoms with van der Waals surface area (Å²) in [5, 5.41) is 0. The van der Waals surface area contributed by atoms with E-state index in [1.807, 2.05) is 12.1 Å². The topological polar surface area (TPSA) is 35.5 Å². The standard InChI is InChI=1S/C13H10O3.Pb.2H/c14-13(15-11-7-3-1-4-8-11)16-12-9-5-2-6-10-12;;;/h1-10H;;;. The van der Waals surface area contributed by atoms with Gasteiger partial charge in [0.2, 0.25) is 0 Å². The van der Waals surface area contributed by atoms with Crippen LogP contribution in [0, 0.1) is 0 Å². The van der Waals surface area contributed by atoms with Crippen molar-refractivity contribution in [1.82, 2.24) is 0 Å². The molecule has 86 valence electrons. The summed E-state index contributed by atoms with van der Waals surface area (Å²) >= 11 is 0. The van der Waals surface area contributed by atoms with Crippen molar-refractivity contribution in [1.29, 1.82) is 0 Å². The van der Waals surface area contributed by atoms with Gasteiger partial charge >= 0.3 is 33.5 Å². The summed E-state index contributed by atoms with van der Waals surface area (Å²) < 4.78 is 9.91. The van der Waals surface area contributed by atoms with Crippen LogP contribution in [-0.2, 0) is 0 Å². The second-order valence-electron chi connectivity index (χ2n) is 3.08. The van der Waals surface area contributed by atoms with E-state index in [0.29, 0.717) is 11.5 Å². The average molecular weight is 423 g/mol. The minimum atomic E-state index is -0.739. The van der Waals surface area contributed by atoms with E-state index in [4.69, 9.17) is 9.47 Å². The third-order valence-corrected chi connectivity index (χ3v) is 1.89. The molecule has 2 aromatic carbocycles. The fraction of sp³-hybridized carbons (Fsp3) is 0. The molecule has 4 heteroatoms. The van der Waals surface area contributed by atoms with Crippen molar-refractivity contribution in [2.75, 3.05) is 0 Å². The number of carbonyl (C=O) groups is 1. The fourth-order valence-electron chi connectivity index (χ4n) is 1.19. The molecule has 3 nitrogen and oxygen atoms in total. The molecule has 0 atom stereocenters. The van der Waals surface area contributed by atoms with Gasteiger partial charge in [-0.05, 0) is 24.3 Å².